The molecule has 0 spiro atoms. The highest BCUT2D eigenvalue weighted by Crippen LogP contribution is 2.16. The molecule has 3 N–H and O–H groups in total. The fourth-order valence-electron chi connectivity index (χ4n) is 3.12. The largest absolute Gasteiger partial charge is 0.461 e. The molecule has 0 saturated carbocycles. The molecule has 0 radical (unpaired) electrons. The number of aromatic amines is 1. The molecule has 1 atom stereocenters. The minimum atomic E-state index is 0.158. The molecule has 0 saturated heterocycles. The molecule has 0 aliphatic rings. The van der Waals surface area contributed by atoms with E-state index in [2.05, 4.69) is 75.8 Å². The van der Waals surface area contributed by atoms with Crippen LogP contribution >= 0.6 is 0 Å². The Kier molecular flexibility index (Phi) is 7.05. The lowest BCUT2D eigenvalue weighted by Crippen LogP contribution is -2.39. The van der Waals surface area contributed by atoms with Crippen LogP contribution in [0.5, 0.6) is 0 Å². The van der Waals surface area contributed by atoms with E-state index in [0.29, 0.717) is 30.5 Å². The first-order chi connectivity index (χ1) is 14.0. The molecule has 0 amide bonds. The number of furan rings is 1. The lowest BCUT2D eigenvalue weighted by molar-refractivity contribution is 0.577. The molecule has 7 heteroatoms. The highest BCUT2D eigenvalue weighted by atomic mass is 16.3. The summed E-state index contributed by atoms with van der Waals surface area (Å²) in [5, 5.41) is 13.9. The van der Waals surface area contributed by atoms with Gasteiger partial charge in [0.1, 0.15) is 5.82 Å². The zero-order valence-corrected chi connectivity index (χ0v) is 17.6. The third-order valence-corrected chi connectivity index (χ3v) is 4.63. The van der Waals surface area contributed by atoms with Crippen LogP contribution in [0.15, 0.2) is 52.1 Å². The van der Waals surface area contributed by atoms with Crippen molar-refractivity contribution in [2.24, 2.45) is 10.9 Å². The summed E-state index contributed by atoms with van der Waals surface area (Å²) in [6, 6.07) is 12.6. The Bertz CT molecular complexity index is 896. The molecule has 2 aromatic heterocycles. The van der Waals surface area contributed by atoms with Crippen LogP contribution in [0.1, 0.15) is 43.8 Å². The molecule has 3 rings (SSSR count). The van der Waals surface area contributed by atoms with Gasteiger partial charge in [-0.1, -0.05) is 38.1 Å². The van der Waals surface area contributed by atoms with Gasteiger partial charge in [0.2, 0.25) is 5.82 Å². The third-order valence-electron chi connectivity index (χ3n) is 4.63. The summed E-state index contributed by atoms with van der Waals surface area (Å²) >= 11 is 0. The first kappa shape index (κ1) is 20.6. The minimum absolute atomic E-state index is 0.158. The van der Waals surface area contributed by atoms with Crippen LogP contribution in [-0.2, 0) is 12.8 Å². The summed E-state index contributed by atoms with van der Waals surface area (Å²) in [5.74, 6) is 3.45. The summed E-state index contributed by atoms with van der Waals surface area (Å²) < 4.78 is 5.32. The quantitative estimate of drug-likeness (QED) is 0.400. The molecule has 2 heterocycles. The summed E-state index contributed by atoms with van der Waals surface area (Å²) in [7, 11) is 1.78. The Morgan fingerprint density at radius 1 is 1.17 bits per heavy atom. The van der Waals surface area contributed by atoms with Crippen molar-refractivity contribution in [2.75, 3.05) is 13.6 Å². The summed E-state index contributed by atoms with van der Waals surface area (Å²) in [4.78, 5) is 8.77. The number of nitrogens with zero attached hydrogens (tertiary/aromatic N) is 3. The van der Waals surface area contributed by atoms with Crippen LogP contribution in [0.3, 0.4) is 0 Å². The zero-order valence-electron chi connectivity index (χ0n) is 17.6. The molecule has 0 aliphatic carbocycles. The molecule has 154 valence electrons. The summed E-state index contributed by atoms with van der Waals surface area (Å²) in [6.07, 6.45) is 3.42. The Labute approximate surface area is 172 Å². The number of aromatic nitrogens is 3. The molecule has 0 fully saturated rings. The summed E-state index contributed by atoms with van der Waals surface area (Å²) in [5.41, 5.74) is 2.61. The Morgan fingerprint density at radius 2 is 1.97 bits per heavy atom. The maximum Gasteiger partial charge on any atom is 0.216 e. The van der Waals surface area contributed by atoms with Gasteiger partial charge in [-0.25, -0.2) is 4.98 Å². The second kappa shape index (κ2) is 9.91. The monoisotopic (exact) mass is 394 g/mol. The van der Waals surface area contributed by atoms with Crippen LogP contribution in [0.2, 0.25) is 0 Å². The van der Waals surface area contributed by atoms with Gasteiger partial charge in [0.25, 0.3) is 0 Å². The zero-order chi connectivity index (χ0) is 20.6. The van der Waals surface area contributed by atoms with Crippen LogP contribution < -0.4 is 10.6 Å². The van der Waals surface area contributed by atoms with Crippen molar-refractivity contribution < 1.29 is 4.42 Å². The average Bonchev–Trinajstić information content (AvgIpc) is 3.39. The average molecular weight is 395 g/mol. The number of hydrogen-bond acceptors (Lipinski definition) is 4. The van der Waals surface area contributed by atoms with Crippen molar-refractivity contribution in [3.8, 4) is 11.6 Å². The first-order valence-electron chi connectivity index (χ1n) is 10.1. The molecule has 3 aromatic rings. The number of hydrogen-bond donors (Lipinski definition) is 3. The standard InChI is InChI=1S/C22H30N6O/c1-15(2)14-17-7-9-18(10-8-17)16(3)25-22(23-4)24-12-11-20-26-21(28-27-20)19-6-5-13-29-19/h5-10,13,15-16H,11-12,14H2,1-4H3,(H2,23,24,25)(H,26,27,28). The summed E-state index contributed by atoms with van der Waals surface area (Å²) in [6.45, 7) is 7.30. The van der Waals surface area contributed by atoms with E-state index in [1.165, 1.54) is 11.1 Å². The number of aliphatic imine (C=N–C) groups is 1. The second-order valence-electron chi connectivity index (χ2n) is 7.54. The first-order valence-corrected chi connectivity index (χ1v) is 10.1. The lowest BCUT2D eigenvalue weighted by atomic mass is 10.00. The van der Waals surface area contributed by atoms with Crippen molar-refractivity contribution in [3.05, 3.63) is 59.6 Å². The number of guanidine groups is 1. The van der Waals surface area contributed by atoms with E-state index in [0.717, 1.165) is 18.2 Å². The lowest BCUT2D eigenvalue weighted by Gasteiger charge is -2.18. The van der Waals surface area contributed by atoms with Gasteiger partial charge in [0, 0.05) is 20.0 Å². The number of nitrogens with one attached hydrogen (secondary N) is 3. The van der Waals surface area contributed by atoms with E-state index in [9.17, 15) is 0 Å². The van der Waals surface area contributed by atoms with Gasteiger partial charge < -0.3 is 15.1 Å². The normalized spacial score (nSPS) is 12.9. The van der Waals surface area contributed by atoms with Gasteiger partial charge in [-0.05, 0) is 42.5 Å². The van der Waals surface area contributed by atoms with E-state index in [4.69, 9.17) is 4.42 Å². The maximum atomic E-state index is 5.32. The fourth-order valence-corrected chi connectivity index (χ4v) is 3.12. The highest BCUT2D eigenvalue weighted by molar-refractivity contribution is 5.80. The van der Waals surface area contributed by atoms with Crippen LogP contribution in [-0.4, -0.2) is 34.7 Å². The van der Waals surface area contributed by atoms with E-state index >= 15 is 0 Å². The van der Waals surface area contributed by atoms with Crippen molar-refractivity contribution >= 4 is 5.96 Å². The molecule has 1 unspecified atom stereocenters. The molecular weight excluding hydrogens is 364 g/mol. The van der Waals surface area contributed by atoms with Gasteiger partial charge >= 0.3 is 0 Å². The van der Waals surface area contributed by atoms with E-state index in [1.54, 1.807) is 13.3 Å². The predicted molar refractivity (Wildman–Crippen MR) is 116 cm³/mol. The smallest absolute Gasteiger partial charge is 0.216 e. The highest BCUT2D eigenvalue weighted by Gasteiger charge is 2.10. The van der Waals surface area contributed by atoms with Crippen molar-refractivity contribution in [1.29, 1.82) is 0 Å². The predicted octanol–water partition coefficient (Wildman–Crippen LogP) is 3.73. The Balaban J connectivity index is 1.47. The Morgan fingerprint density at radius 3 is 2.62 bits per heavy atom. The minimum Gasteiger partial charge on any atom is -0.461 e. The van der Waals surface area contributed by atoms with Crippen molar-refractivity contribution in [1.82, 2.24) is 25.8 Å². The number of rotatable bonds is 8. The topological polar surface area (TPSA) is 91.1 Å². The number of benzene rings is 1. The van der Waals surface area contributed by atoms with E-state index in [1.807, 2.05) is 12.1 Å². The van der Waals surface area contributed by atoms with Crippen LogP contribution in [0.25, 0.3) is 11.6 Å². The van der Waals surface area contributed by atoms with Crippen molar-refractivity contribution in [2.45, 2.75) is 39.7 Å². The van der Waals surface area contributed by atoms with E-state index in [-0.39, 0.29) is 6.04 Å². The molecule has 0 aliphatic heterocycles. The molecular formula is C22H30N6O. The number of H-pyrrole nitrogens is 1. The fraction of sp³-hybridized carbons (Fsp3) is 0.409. The third kappa shape index (κ3) is 5.94. The van der Waals surface area contributed by atoms with E-state index < -0.39 is 0 Å². The van der Waals surface area contributed by atoms with Gasteiger partial charge in [-0.15, -0.1) is 0 Å². The molecule has 1 aromatic carbocycles. The van der Waals surface area contributed by atoms with Gasteiger partial charge in [-0.2, -0.15) is 5.10 Å². The van der Waals surface area contributed by atoms with Crippen LogP contribution in [0.4, 0.5) is 0 Å². The van der Waals surface area contributed by atoms with Gasteiger partial charge in [-0.3, -0.25) is 10.1 Å². The molecule has 7 nitrogen and oxygen atoms in total. The SMILES string of the molecule is CN=C(NCCc1nc(-c2ccco2)n[nH]1)NC(C)c1ccc(CC(C)C)cc1. The molecule has 0 bridgehead atoms. The van der Waals surface area contributed by atoms with Crippen LogP contribution in [0, 0.1) is 5.92 Å². The maximum absolute atomic E-state index is 5.32. The van der Waals surface area contributed by atoms with Gasteiger partial charge in [0.15, 0.2) is 11.7 Å². The molecule has 29 heavy (non-hydrogen) atoms. The van der Waals surface area contributed by atoms with Crippen molar-refractivity contribution in [3.63, 3.8) is 0 Å². The van der Waals surface area contributed by atoms with Gasteiger partial charge in [0.05, 0.1) is 12.3 Å². The second-order valence-corrected chi connectivity index (χ2v) is 7.54. The Hall–Kier alpha value is -3.09.